The first kappa shape index (κ1) is 18.8. The van der Waals surface area contributed by atoms with Crippen LogP contribution in [-0.2, 0) is 4.79 Å². The number of hydrogen-bond acceptors (Lipinski definition) is 3. The average molecular weight is 386 g/mol. The number of carbonyl (C=O) groups is 2. The van der Waals surface area contributed by atoms with E-state index in [0.29, 0.717) is 34.3 Å². The Morgan fingerprint density at radius 1 is 1.19 bits per heavy atom. The van der Waals surface area contributed by atoms with E-state index in [9.17, 15) is 9.59 Å². The number of amides is 3. The largest absolute Gasteiger partial charge is 0.492 e. The zero-order chi connectivity index (χ0) is 19.4. The molecule has 1 heterocycles. The number of para-hydroxylation sites is 2. The molecular weight excluding hydrogens is 366 g/mol. The van der Waals surface area contributed by atoms with Gasteiger partial charge >= 0.3 is 6.03 Å². The van der Waals surface area contributed by atoms with Crippen LogP contribution in [0.15, 0.2) is 59.8 Å². The number of halogens is 1. The molecule has 27 heavy (non-hydrogen) atoms. The van der Waals surface area contributed by atoms with E-state index in [-0.39, 0.29) is 11.9 Å². The molecular formula is C20H20ClN3O3. The fraction of sp³-hybridized carbons (Fsp3) is 0.200. The minimum atomic E-state index is -0.588. The van der Waals surface area contributed by atoms with Gasteiger partial charge in [-0.3, -0.25) is 4.79 Å². The van der Waals surface area contributed by atoms with Crippen molar-refractivity contribution in [1.29, 1.82) is 0 Å². The predicted octanol–water partition coefficient (Wildman–Crippen LogP) is 4.01. The quantitative estimate of drug-likeness (QED) is 0.727. The number of rotatable bonds is 5. The summed E-state index contributed by atoms with van der Waals surface area (Å²) in [7, 11) is 0. The Morgan fingerprint density at radius 3 is 2.59 bits per heavy atom. The van der Waals surface area contributed by atoms with Gasteiger partial charge in [-0.05, 0) is 43.7 Å². The van der Waals surface area contributed by atoms with E-state index < -0.39 is 6.04 Å². The molecule has 140 valence electrons. The van der Waals surface area contributed by atoms with Crippen LogP contribution in [0, 0.1) is 0 Å². The summed E-state index contributed by atoms with van der Waals surface area (Å²) in [5.41, 5.74) is 2.24. The molecule has 0 saturated heterocycles. The second-order valence-electron chi connectivity index (χ2n) is 6.00. The number of anilines is 1. The molecule has 3 N–H and O–H groups in total. The molecule has 0 spiro atoms. The zero-order valence-electron chi connectivity index (χ0n) is 15.0. The predicted molar refractivity (Wildman–Crippen MR) is 105 cm³/mol. The molecule has 3 amide bonds. The van der Waals surface area contributed by atoms with Crippen molar-refractivity contribution in [2.24, 2.45) is 0 Å². The van der Waals surface area contributed by atoms with Crippen LogP contribution in [0.5, 0.6) is 5.75 Å². The molecule has 2 aromatic rings. The summed E-state index contributed by atoms with van der Waals surface area (Å²) in [6.45, 7) is 4.06. The SMILES string of the molecule is CCOc1ccccc1NC(=O)C1=C(C)NC(=O)N[C@H]1c1ccc(Cl)cc1. The Morgan fingerprint density at radius 2 is 1.89 bits per heavy atom. The molecule has 1 aliphatic heterocycles. The van der Waals surface area contributed by atoms with Gasteiger partial charge in [-0.15, -0.1) is 0 Å². The second-order valence-corrected chi connectivity index (χ2v) is 6.44. The maximum Gasteiger partial charge on any atom is 0.319 e. The van der Waals surface area contributed by atoms with Crippen LogP contribution in [0.1, 0.15) is 25.5 Å². The van der Waals surface area contributed by atoms with E-state index in [1.807, 2.05) is 19.1 Å². The first-order chi connectivity index (χ1) is 13.0. The van der Waals surface area contributed by atoms with Gasteiger partial charge < -0.3 is 20.7 Å². The molecule has 0 bridgehead atoms. The van der Waals surface area contributed by atoms with E-state index in [2.05, 4.69) is 16.0 Å². The van der Waals surface area contributed by atoms with Crippen LogP contribution in [0.3, 0.4) is 0 Å². The van der Waals surface area contributed by atoms with Gasteiger partial charge in [0.1, 0.15) is 5.75 Å². The van der Waals surface area contributed by atoms with Gasteiger partial charge in [0.05, 0.1) is 23.9 Å². The fourth-order valence-electron chi connectivity index (χ4n) is 2.94. The number of carbonyl (C=O) groups excluding carboxylic acids is 2. The van der Waals surface area contributed by atoms with Gasteiger partial charge in [-0.25, -0.2) is 4.79 Å². The normalized spacial score (nSPS) is 16.4. The van der Waals surface area contributed by atoms with Crippen LogP contribution in [0.25, 0.3) is 0 Å². The molecule has 1 aliphatic rings. The van der Waals surface area contributed by atoms with Crippen molar-refractivity contribution in [2.45, 2.75) is 19.9 Å². The van der Waals surface area contributed by atoms with E-state index in [1.165, 1.54) is 0 Å². The van der Waals surface area contributed by atoms with Crippen molar-refractivity contribution in [2.75, 3.05) is 11.9 Å². The molecule has 7 heteroatoms. The molecule has 6 nitrogen and oxygen atoms in total. The number of benzene rings is 2. The molecule has 0 radical (unpaired) electrons. The third-order valence-corrected chi connectivity index (χ3v) is 4.40. The fourth-order valence-corrected chi connectivity index (χ4v) is 3.07. The molecule has 0 fully saturated rings. The maximum atomic E-state index is 13.0. The Bertz CT molecular complexity index is 894. The lowest BCUT2D eigenvalue weighted by Gasteiger charge is -2.29. The van der Waals surface area contributed by atoms with Gasteiger partial charge in [0, 0.05) is 10.7 Å². The highest BCUT2D eigenvalue weighted by Crippen LogP contribution is 2.30. The lowest BCUT2D eigenvalue weighted by Crippen LogP contribution is -2.45. The summed E-state index contributed by atoms with van der Waals surface area (Å²) in [5.74, 6) is 0.259. The van der Waals surface area contributed by atoms with Crippen molar-refractivity contribution >= 4 is 29.2 Å². The van der Waals surface area contributed by atoms with Crippen molar-refractivity contribution in [3.63, 3.8) is 0 Å². The second kappa shape index (κ2) is 8.14. The summed E-state index contributed by atoms with van der Waals surface area (Å²) in [6, 6.07) is 13.3. The highest BCUT2D eigenvalue weighted by molar-refractivity contribution is 6.30. The first-order valence-electron chi connectivity index (χ1n) is 8.56. The molecule has 1 atom stereocenters. The molecule has 0 unspecified atom stereocenters. The van der Waals surface area contributed by atoms with Crippen LogP contribution in [-0.4, -0.2) is 18.5 Å². The Labute approximate surface area is 162 Å². The van der Waals surface area contributed by atoms with Gasteiger partial charge in [0.2, 0.25) is 0 Å². The topological polar surface area (TPSA) is 79.5 Å². The number of nitrogens with one attached hydrogen (secondary N) is 3. The van der Waals surface area contributed by atoms with Crippen molar-refractivity contribution in [1.82, 2.24) is 10.6 Å². The van der Waals surface area contributed by atoms with Crippen LogP contribution in [0.2, 0.25) is 5.02 Å². The monoisotopic (exact) mass is 385 g/mol. The van der Waals surface area contributed by atoms with Gasteiger partial charge in [-0.2, -0.15) is 0 Å². The van der Waals surface area contributed by atoms with Crippen molar-refractivity contribution in [3.05, 3.63) is 70.4 Å². The third-order valence-electron chi connectivity index (χ3n) is 4.15. The number of hydrogen-bond donors (Lipinski definition) is 3. The number of ether oxygens (including phenoxy) is 1. The Kier molecular flexibility index (Phi) is 5.66. The summed E-state index contributed by atoms with van der Waals surface area (Å²) >= 11 is 5.96. The summed E-state index contributed by atoms with van der Waals surface area (Å²) in [4.78, 5) is 25.0. The molecule has 0 saturated carbocycles. The van der Waals surface area contributed by atoms with E-state index in [1.54, 1.807) is 43.3 Å². The zero-order valence-corrected chi connectivity index (χ0v) is 15.8. The third kappa shape index (κ3) is 4.23. The lowest BCUT2D eigenvalue weighted by atomic mass is 9.95. The van der Waals surface area contributed by atoms with Crippen LogP contribution >= 0.6 is 11.6 Å². The highest BCUT2D eigenvalue weighted by Gasteiger charge is 2.31. The van der Waals surface area contributed by atoms with Gasteiger partial charge in [-0.1, -0.05) is 35.9 Å². The lowest BCUT2D eigenvalue weighted by molar-refractivity contribution is -0.113. The van der Waals surface area contributed by atoms with Crippen LogP contribution in [0.4, 0.5) is 10.5 Å². The number of allylic oxidation sites excluding steroid dienone is 1. The first-order valence-corrected chi connectivity index (χ1v) is 8.94. The Hall–Kier alpha value is -2.99. The summed E-state index contributed by atoms with van der Waals surface area (Å²) < 4.78 is 5.56. The minimum Gasteiger partial charge on any atom is -0.492 e. The average Bonchev–Trinajstić information content (AvgIpc) is 2.63. The minimum absolute atomic E-state index is 0.327. The van der Waals surface area contributed by atoms with E-state index >= 15 is 0 Å². The molecule has 3 rings (SSSR count). The maximum absolute atomic E-state index is 13.0. The number of urea groups is 1. The van der Waals surface area contributed by atoms with E-state index in [4.69, 9.17) is 16.3 Å². The van der Waals surface area contributed by atoms with Crippen molar-refractivity contribution < 1.29 is 14.3 Å². The molecule has 2 aromatic carbocycles. The summed E-state index contributed by atoms with van der Waals surface area (Å²) in [6.07, 6.45) is 0. The van der Waals surface area contributed by atoms with Crippen molar-refractivity contribution in [3.8, 4) is 5.75 Å². The summed E-state index contributed by atoms with van der Waals surface area (Å²) in [5, 5.41) is 8.92. The van der Waals surface area contributed by atoms with E-state index in [0.717, 1.165) is 5.56 Å². The van der Waals surface area contributed by atoms with Crippen LogP contribution < -0.4 is 20.7 Å². The smallest absolute Gasteiger partial charge is 0.319 e. The van der Waals surface area contributed by atoms with Gasteiger partial charge in [0.25, 0.3) is 5.91 Å². The molecule has 0 aliphatic carbocycles. The Balaban J connectivity index is 1.93. The van der Waals surface area contributed by atoms with Gasteiger partial charge in [0.15, 0.2) is 0 Å². The highest BCUT2D eigenvalue weighted by atomic mass is 35.5. The standard InChI is InChI=1S/C20H20ClN3O3/c1-3-27-16-7-5-4-6-15(16)23-19(25)17-12(2)22-20(26)24-18(17)13-8-10-14(21)11-9-13/h4-11,18H,3H2,1-2H3,(H,23,25)(H2,22,24,26)/t18-/m0/s1. The molecule has 0 aromatic heterocycles.